The van der Waals surface area contributed by atoms with Gasteiger partial charge in [0.15, 0.2) is 0 Å². The predicted octanol–water partition coefficient (Wildman–Crippen LogP) is 4.99. The van der Waals surface area contributed by atoms with E-state index < -0.39 is 0 Å². The third-order valence-electron chi connectivity index (χ3n) is 4.42. The molecule has 0 radical (unpaired) electrons. The molecule has 0 aliphatic heterocycles. The zero-order chi connectivity index (χ0) is 19.9. The molecular formula is C22H24N6. The van der Waals surface area contributed by atoms with Crippen LogP contribution in [0, 0.1) is 18.3 Å². The summed E-state index contributed by atoms with van der Waals surface area (Å²) in [5.74, 6) is 1.14. The van der Waals surface area contributed by atoms with Crippen molar-refractivity contribution in [2.75, 3.05) is 28.6 Å². The summed E-state index contributed by atoms with van der Waals surface area (Å²) in [4.78, 5) is 11.3. The fourth-order valence-electron chi connectivity index (χ4n) is 2.99. The maximum absolute atomic E-state index is 9.25. The van der Waals surface area contributed by atoms with E-state index in [1.807, 2.05) is 43.3 Å². The summed E-state index contributed by atoms with van der Waals surface area (Å²) in [7, 11) is 0. The molecule has 3 rings (SSSR count). The van der Waals surface area contributed by atoms with Crippen LogP contribution >= 0.6 is 0 Å². The molecule has 0 atom stereocenters. The van der Waals surface area contributed by atoms with Gasteiger partial charge < -0.3 is 15.5 Å². The molecule has 0 aliphatic carbocycles. The lowest BCUT2D eigenvalue weighted by Crippen LogP contribution is -2.21. The number of aryl methyl sites for hydroxylation is 1. The first-order valence-corrected chi connectivity index (χ1v) is 9.36. The van der Waals surface area contributed by atoms with Crippen molar-refractivity contribution in [2.45, 2.75) is 20.8 Å². The SMILES string of the molecule is CCN(CC)c1ccc(Nc2cc(C)nc(Nc3ccccc3C#N)n2)cc1. The number of para-hydroxylation sites is 1. The molecule has 0 fully saturated rings. The molecule has 1 aromatic heterocycles. The first kappa shape index (κ1) is 19.2. The van der Waals surface area contributed by atoms with Crippen molar-refractivity contribution in [3.63, 3.8) is 0 Å². The molecule has 1 heterocycles. The number of rotatable bonds is 7. The molecule has 2 aromatic carbocycles. The summed E-state index contributed by atoms with van der Waals surface area (Å²) in [6.07, 6.45) is 0. The second-order valence-corrected chi connectivity index (χ2v) is 6.34. The highest BCUT2D eigenvalue weighted by atomic mass is 15.1. The minimum absolute atomic E-state index is 0.449. The van der Waals surface area contributed by atoms with Crippen LogP contribution in [-0.2, 0) is 0 Å². The molecule has 6 nitrogen and oxygen atoms in total. The minimum atomic E-state index is 0.449. The first-order chi connectivity index (χ1) is 13.6. The quantitative estimate of drug-likeness (QED) is 0.608. The summed E-state index contributed by atoms with van der Waals surface area (Å²) in [6, 6.07) is 19.7. The number of benzene rings is 2. The summed E-state index contributed by atoms with van der Waals surface area (Å²) < 4.78 is 0. The Morgan fingerprint density at radius 3 is 2.36 bits per heavy atom. The van der Waals surface area contributed by atoms with E-state index in [2.05, 4.69) is 57.6 Å². The summed E-state index contributed by atoms with van der Waals surface area (Å²) in [6.45, 7) is 8.18. The number of nitrogens with one attached hydrogen (secondary N) is 2. The van der Waals surface area contributed by atoms with Crippen molar-refractivity contribution in [2.24, 2.45) is 0 Å². The Morgan fingerprint density at radius 2 is 1.68 bits per heavy atom. The van der Waals surface area contributed by atoms with Gasteiger partial charge in [0.2, 0.25) is 5.95 Å². The summed E-state index contributed by atoms with van der Waals surface area (Å²) in [5, 5.41) is 15.7. The van der Waals surface area contributed by atoms with Gasteiger partial charge in [-0.25, -0.2) is 4.98 Å². The smallest absolute Gasteiger partial charge is 0.229 e. The average molecular weight is 372 g/mol. The molecule has 0 bridgehead atoms. The van der Waals surface area contributed by atoms with Gasteiger partial charge in [-0.3, -0.25) is 0 Å². The molecular weight excluding hydrogens is 348 g/mol. The van der Waals surface area contributed by atoms with Crippen LogP contribution in [0.2, 0.25) is 0 Å². The minimum Gasteiger partial charge on any atom is -0.372 e. The van der Waals surface area contributed by atoms with E-state index >= 15 is 0 Å². The Kier molecular flexibility index (Phi) is 6.07. The zero-order valence-electron chi connectivity index (χ0n) is 16.4. The Bertz CT molecular complexity index is 971. The number of nitriles is 1. The van der Waals surface area contributed by atoms with Crippen LogP contribution < -0.4 is 15.5 Å². The lowest BCUT2D eigenvalue weighted by molar-refractivity contribution is 0.866. The number of aromatic nitrogens is 2. The fourth-order valence-corrected chi connectivity index (χ4v) is 2.99. The predicted molar refractivity (Wildman–Crippen MR) is 114 cm³/mol. The van der Waals surface area contributed by atoms with E-state index in [-0.39, 0.29) is 0 Å². The summed E-state index contributed by atoms with van der Waals surface area (Å²) >= 11 is 0. The van der Waals surface area contributed by atoms with E-state index in [4.69, 9.17) is 0 Å². The van der Waals surface area contributed by atoms with Gasteiger partial charge in [0.1, 0.15) is 11.9 Å². The Morgan fingerprint density at radius 1 is 0.964 bits per heavy atom. The van der Waals surface area contributed by atoms with Crippen LogP contribution in [0.25, 0.3) is 0 Å². The van der Waals surface area contributed by atoms with Crippen LogP contribution in [0.1, 0.15) is 25.1 Å². The summed E-state index contributed by atoms with van der Waals surface area (Å²) in [5.41, 5.74) is 4.22. The van der Waals surface area contributed by atoms with E-state index in [0.29, 0.717) is 23.0 Å². The van der Waals surface area contributed by atoms with Gasteiger partial charge in [0.25, 0.3) is 0 Å². The van der Waals surface area contributed by atoms with Crippen molar-refractivity contribution in [3.8, 4) is 6.07 Å². The fraction of sp³-hybridized carbons (Fsp3) is 0.227. The normalized spacial score (nSPS) is 10.2. The molecule has 0 amide bonds. The Hall–Kier alpha value is -3.59. The first-order valence-electron chi connectivity index (χ1n) is 9.36. The van der Waals surface area contributed by atoms with Gasteiger partial charge in [0.05, 0.1) is 11.3 Å². The van der Waals surface area contributed by atoms with Crippen LogP contribution in [0.4, 0.5) is 28.8 Å². The van der Waals surface area contributed by atoms with Crippen molar-refractivity contribution in [1.29, 1.82) is 5.26 Å². The molecule has 2 N–H and O–H groups in total. The molecule has 0 aliphatic rings. The van der Waals surface area contributed by atoms with Gasteiger partial charge in [-0.15, -0.1) is 0 Å². The molecule has 0 saturated heterocycles. The van der Waals surface area contributed by atoms with Crippen molar-refractivity contribution < 1.29 is 0 Å². The van der Waals surface area contributed by atoms with E-state index in [1.165, 1.54) is 5.69 Å². The number of hydrogen-bond donors (Lipinski definition) is 2. The van der Waals surface area contributed by atoms with Crippen molar-refractivity contribution in [3.05, 3.63) is 65.9 Å². The topological polar surface area (TPSA) is 76.9 Å². The third kappa shape index (κ3) is 4.57. The molecule has 0 saturated carbocycles. The highest BCUT2D eigenvalue weighted by Crippen LogP contribution is 2.23. The molecule has 0 unspecified atom stereocenters. The maximum Gasteiger partial charge on any atom is 0.229 e. The monoisotopic (exact) mass is 372 g/mol. The number of nitrogens with zero attached hydrogens (tertiary/aromatic N) is 4. The Labute approximate surface area is 165 Å². The van der Waals surface area contributed by atoms with E-state index in [0.717, 1.165) is 24.5 Å². The molecule has 3 aromatic rings. The largest absolute Gasteiger partial charge is 0.372 e. The van der Waals surface area contributed by atoms with Crippen LogP contribution in [0.3, 0.4) is 0 Å². The van der Waals surface area contributed by atoms with Gasteiger partial charge in [-0.1, -0.05) is 12.1 Å². The lowest BCUT2D eigenvalue weighted by atomic mass is 10.2. The van der Waals surface area contributed by atoms with Crippen LogP contribution in [0.15, 0.2) is 54.6 Å². The van der Waals surface area contributed by atoms with E-state index in [1.54, 1.807) is 6.07 Å². The lowest BCUT2D eigenvalue weighted by Gasteiger charge is -2.21. The molecule has 142 valence electrons. The number of anilines is 5. The highest BCUT2D eigenvalue weighted by molar-refractivity contribution is 5.65. The zero-order valence-corrected chi connectivity index (χ0v) is 16.4. The second kappa shape index (κ2) is 8.87. The second-order valence-electron chi connectivity index (χ2n) is 6.34. The Balaban J connectivity index is 1.79. The molecule has 0 spiro atoms. The van der Waals surface area contributed by atoms with Gasteiger partial charge in [0, 0.05) is 36.2 Å². The van der Waals surface area contributed by atoms with Crippen LogP contribution in [0.5, 0.6) is 0 Å². The number of hydrogen-bond acceptors (Lipinski definition) is 6. The third-order valence-corrected chi connectivity index (χ3v) is 4.42. The van der Waals surface area contributed by atoms with Crippen molar-refractivity contribution >= 4 is 28.8 Å². The average Bonchev–Trinajstić information content (AvgIpc) is 2.70. The molecule has 6 heteroatoms. The van der Waals surface area contributed by atoms with E-state index in [9.17, 15) is 5.26 Å². The maximum atomic E-state index is 9.25. The van der Waals surface area contributed by atoms with Gasteiger partial charge in [-0.2, -0.15) is 10.2 Å². The van der Waals surface area contributed by atoms with Crippen LogP contribution in [-0.4, -0.2) is 23.1 Å². The van der Waals surface area contributed by atoms with Crippen molar-refractivity contribution in [1.82, 2.24) is 9.97 Å². The van der Waals surface area contributed by atoms with Gasteiger partial charge >= 0.3 is 0 Å². The molecule has 28 heavy (non-hydrogen) atoms. The standard InChI is InChI=1S/C22H24N6/c1-4-28(5-2)19-12-10-18(11-13-19)25-21-14-16(3)24-22(27-21)26-20-9-7-6-8-17(20)15-23/h6-14H,4-5H2,1-3H3,(H2,24,25,26,27). The van der Waals surface area contributed by atoms with Gasteiger partial charge in [-0.05, 0) is 57.2 Å². The highest BCUT2D eigenvalue weighted by Gasteiger charge is 2.07.